The molecule has 2 aromatic heterocycles. The van der Waals surface area contributed by atoms with Gasteiger partial charge in [-0.15, -0.1) is 0 Å². The second-order valence-corrected chi connectivity index (χ2v) is 11.1. The quantitative estimate of drug-likeness (QED) is 0.159. The van der Waals surface area contributed by atoms with E-state index < -0.39 is 41.7 Å². The van der Waals surface area contributed by atoms with Gasteiger partial charge in [0.1, 0.15) is 47.8 Å². The van der Waals surface area contributed by atoms with Crippen LogP contribution in [0.1, 0.15) is 21.8 Å². The van der Waals surface area contributed by atoms with Crippen LogP contribution < -0.4 is 20.9 Å². The summed E-state index contributed by atoms with van der Waals surface area (Å²) in [5, 5.41) is 5.10. The minimum Gasteiger partial charge on any atom is -0.497 e. The average molecular weight is 676 g/mol. The molecule has 0 saturated heterocycles. The number of fused-ring (bicyclic) bond motifs is 1. The Morgan fingerprint density at radius 3 is 2.32 bits per heavy atom. The number of anilines is 1. The molecule has 0 spiro atoms. The van der Waals surface area contributed by atoms with Gasteiger partial charge in [0.25, 0.3) is 11.4 Å². The first-order valence-corrected chi connectivity index (χ1v) is 15.4. The topological polar surface area (TPSA) is 155 Å². The van der Waals surface area contributed by atoms with Crippen LogP contribution in [0.2, 0.25) is 0 Å². The third kappa shape index (κ3) is 7.90. The van der Waals surface area contributed by atoms with E-state index in [2.05, 4.69) is 20.6 Å². The Morgan fingerprint density at radius 2 is 1.62 bits per heavy atom. The number of halogens is 1. The van der Waals surface area contributed by atoms with E-state index in [1.54, 1.807) is 66.7 Å². The fourth-order valence-electron chi connectivity index (χ4n) is 5.15. The second kappa shape index (κ2) is 15.1. The van der Waals surface area contributed by atoms with Crippen molar-refractivity contribution in [1.82, 2.24) is 19.9 Å². The van der Waals surface area contributed by atoms with Crippen LogP contribution in [0.3, 0.4) is 0 Å². The lowest BCUT2D eigenvalue weighted by Crippen LogP contribution is -2.45. The highest BCUT2D eigenvalue weighted by molar-refractivity contribution is 6.00. The predicted molar refractivity (Wildman–Crippen MR) is 181 cm³/mol. The molecule has 0 saturated carbocycles. The number of methoxy groups -OCH3 is 1. The molecule has 0 radical (unpaired) electrons. The summed E-state index contributed by atoms with van der Waals surface area (Å²) in [7, 11) is 1.50. The molecule has 12 nitrogen and oxygen atoms in total. The van der Waals surface area contributed by atoms with Gasteiger partial charge in [-0.1, -0.05) is 60.7 Å². The van der Waals surface area contributed by atoms with E-state index >= 15 is 0 Å². The summed E-state index contributed by atoms with van der Waals surface area (Å²) in [4.78, 5) is 62.5. The molecule has 0 fully saturated rings. The van der Waals surface area contributed by atoms with Crippen molar-refractivity contribution >= 4 is 34.6 Å². The smallest absolute Gasteiger partial charge is 0.412 e. The Labute approximate surface area is 284 Å². The maximum Gasteiger partial charge on any atom is 0.412 e. The lowest BCUT2D eigenvalue weighted by Gasteiger charge is -2.18. The Morgan fingerprint density at radius 1 is 0.920 bits per heavy atom. The highest BCUT2D eigenvalue weighted by atomic mass is 19.1. The number of carbonyl (C=O) groups excluding carboxylic acids is 3. The van der Waals surface area contributed by atoms with E-state index in [0.29, 0.717) is 22.4 Å². The van der Waals surface area contributed by atoms with Gasteiger partial charge in [-0.25, -0.2) is 19.2 Å². The van der Waals surface area contributed by atoms with Gasteiger partial charge in [0, 0.05) is 18.1 Å². The molecule has 6 aromatic rings. The average Bonchev–Trinajstić information content (AvgIpc) is 3.57. The zero-order chi connectivity index (χ0) is 35.0. The molecule has 4 aromatic carbocycles. The van der Waals surface area contributed by atoms with Gasteiger partial charge < -0.3 is 19.2 Å². The van der Waals surface area contributed by atoms with E-state index in [1.165, 1.54) is 31.4 Å². The molecule has 6 rings (SSSR count). The van der Waals surface area contributed by atoms with Gasteiger partial charge >= 0.3 is 6.09 Å². The molecule has 13 heteroatoms. The Balaban J connectivity index is 1.28. The lowest BCUT2D eigenvalue weighted by atomic mass is 10.0. The first kappa shape index (κ1) is 33.3. The van der Waals surface area contributed by atoms with E-state index in [9.17, 15) is 23.6 Å². The zero-order valence-corrected chi connectivity index (χ0v) is 26.7. The van der Waals surface area contributed by atoms with Gasteiger partial charge in [0.05, 0.1) is 13.3 Å². The first-order valence-electron chi connectivity index (χ1n) is 15.4. The van der Waals surface area contributed by atoms with Gasteiger partial charge in [-0.3, -0.25) is 24.3 Å². The molecule has 1 atom stereocenters. The largest absolute Gasteiger partial charge is 0.497 e. The molecule has 2 N–H and O–H groups in total. The molecular weight excluding hydrogens is 645 g/mol. The highest BCUT2D eigenvalue weighted by Gasteiger charge is 2.28. The number of hydrogen-bond donors (Lipinski definition) is 2. The van der Waals surface area contributed by atoms with Crippen LogP contribution in [0.5, 0.6) is 5.75 Å². The summed E-state index contributed by atoms with van der Waals surface area (Å²) in [6, 6.07) is 26.9. The zero-order valence-electron chi connectivity index (χ0n) is 26.7. The Bertz CT molecular complexity index is 2200. The van der Waals surface area contributed by atoms with Crippen molar-refractivity contribution in [3.8, 4) is 17.1 Å². The predicted octanol–water partition coefficient (Wildman–Crippen LogP) is 5.56. The lowest BCUT2D eigenvalue weighted by molar-refractivity contribution is -0.122. The summed E-state index contributed by atoms with van der Waals surface area (Å²) < 4.78 is 31.0. The van der Waals surface area contributed by atoms with E-state index in [0.717, 1.165) is 21.9 Å². The Kier molecular flexibility index (Phi) is 10.0. The van der Waals surface area contributed by atoms with Gasteiger partial charge in [0.15, 0.2) is 5.58 Å². The molecule has 0 aliphatic carbocycles. The van der Waals surface area contributed by atoms with Gasteiger partial charge in [-0.05, 0) is 47.5 Å². The van der Waals surface area contributed by atoms with Crippen molar-refractivity contribution in [1.29, 1.82) is 0 Å². The third-order valence-electron chi connectivity index (χ3n) is 7.64. The van der Waals surface area contributed by atoms with Crippen molar-refractivity contribution in [2.24, 2.45) is 0 Å². The van der Waals surface area contributed by atoms with E-state index in [4.69, 9.17) is 13.9 Å². The van der Waals surface area contributed by atoms with E-state index in [-0.39, 0.29) is 30.4 Å². The monoisotopic (exact) mass is 675 g/mol. The molecule has 252 valence electrons. The van der Waals surface area contributed by atoms with Crippen LogP contribution in [-0.2, 0) is 29.1 Å². The number of carbonyl (C=O) groups is 3. The van der Waals surface area contributed by atoms with Crippen LogP contribution in [0.25, 0.3) is 22.5 Å². The summed E-state index contributed by atoms with van der Waals surface area (Å²) in [6.45, 7) is -0.661. The van der Waals surface area contributed by atoms with Crippen LogP contribution >= 0.6 is 0 Å². The van der Waals surface area contributed by atoms with Crippen molar-refractivity contribution in [3.63, 3.8) is 0 Å². The molecule has 50 heavy (non-hydrogen) atoms. The fraction of sp³-hybridized carbons (Fsp3) is 0.135. The minimum atomic E-state index is -1.15. The number of ether oxygens (including phenoxy) is 2. The molecule has 1 unspecified atom stereocenters. The molecule has 0 aliphatic rings. The molecular formula is C37H30FN5O7. The summed E-state index contributed by atoms with van der Waals surface area (Å²) in [5.41, 5.74) is 1.50. The molecule has 0 aliphatic heterocycles. The number of oxazole rings is 1. The van der Waals surface area contributed by atoms with Crippen molar-refractivity contribution in [2.75, 3.05) is 12.4 Å². The number of nitrogens with one attached hydrogen (secondary N) is 2. The number of nitrogens with zero attached hydrogens (tertiary/aromatic N) is 3. The maximum atomic E-state index is 13.8. The number of amides is 2. The third-order valence-corrected chi connectivity index (χ3v) is 7.64. The molecule has 2 heterocycles. The standard InChI is InChI=1S/C37H30FN5O7/c1-48-27-16-17-31-28(19-27)41-35(50-31)33(45)29(18-23-8-4-2-5-9-23)40-32(44)21-43-34(25-12-14-26(38)15-13-25)39-20-30(36(43)46)42-37(47)49-22-24-10-6-3-7-11-24/h2-17,19-20,29H,18,21-22H2,1H3,(H,40,44)(H,42,47). The van der Waals surface area contributed by atoms with Crippen LogP contribution in [0.15, 0.2) is 119 Å². The highest BCUT2D eigenvalue weighted by Crippen LogP contribution is 2.23. The van der Waals surface area contributed by atoms with Crippen LogP contribution in [0.4, 0.5) is 14.9 Å². The normalized spacial score (nSPS) is 11.5. The van der Waals surface area contributed by atoms with Gasteiger partial charge in [0.2, 0.25) is 11.7 Å². The maximum absolute atomic E-state index is 13.8. The number of rotatable bonds is 12. The second-order valence-electron chi connectivity index (χ2n) is 11.1. The molecule has 0 bridgehead atoms. The van der Waals surface area contributed by atoms with Crippen LogP contribution in [-0.4, -0.2) is 45.5 Å². The van der Waals surface area contributed by atoms with Crippen molar-refractivity contribution in [3.05, 3.63) is 143 Å². The van der Waals surface area contributed by atoms with Crippen molar-refractivity contribution in [2.45, 2.75) is 25.6 Å². The van der Waals surface area contributed by atoms with Crippen molar-refractivity contribution < 1.29 is 32.7 Å². The fourth-order valence-corrected chi connectivity index (χ4v) is 5.15. The number of hydrogen-bond acceptors (Lipinski definition) is 9. The first-order chi connectivity index (χ1) is 24.3. The Hall–Kier alpha value is -6.63. The number of benzene rings is 4. The van der Waals surface area contributed by atoms with E-state index in [1.807, 2.05) is 12.1 Å². The number of Topliss-reactive ketones (excluding diaryl/α,β-unsaturated/α-hetero) is 1. The number of aromatic nitrogens is 3. The van der Waals surface area contributed by atoms with Gasteiger partial charge in [-0.2, -0.15) is 0 Å². The number of ketones is 1. The molecule has 2 amide bonds. The van der Waals surface area contributed by atoms with Crippen LogP contribution in [0, 0.1) is 5.82 Å². The minimum absolute atomic E-state index is 0.0205. The summed E-state index contributed by atoms with van der Waals surface area (Å²) >= 11 is 0. The summed E-state index contributed by atoms with van der Waals surface area (Å²) in [5.74, 6) is -1.52. The SMILES string of the molecule is COc1ccc2oc(C(=O)C(Cc3ccccc3)NC(=O)Cn3c(-c4ccc(F)cc4)ncc(NC(=O)OCc4ccccc4)c3=O)nc2c1. The summed E-state index contributed by atoms with van der Waals surface area (Å²) in [6.07, 6.45) is 0.298.